The van der Waals surface area contributed by atoms with Crippen LogP contribution in [-0.4, -0.2) is 11.3 Å². The molecule has 0 spiro atoms. The van der Waals surface area contributed by atoms with E-state index in [1.54, 1.807) is 6.07 Å². The Bertz CT molecular complexity index is 310. The topological polar surface area (TPSA) is 26.3 Å². The zero-order chi connectivity index (χ0) is 10.4. The fourth-order valence-electron chi connectivity index (χ4n) is 1.07. The zero-order valence-electron chi connectivity index (χ0n) is 8.13. The summed E-state index contributed by atoms with van der Waals surface area (Å²) in [6, 6.07) is 7.49. The van der Waals surface area contributed by atoms with Crippen LogP contribution in [0.4, 0.5) is 0 Å². The molecule has 0 aliphatic rings. The summed E-state index contributed by atoms with van der Waals surface area (Å²) in [5, 5.41) is 0.829. The fraction of sp³-hybridized carbons (Fsp3) is 0.364. The molecule has 76 valence electrons. The molecular weight excluding hydrogens is 244 g/mol. The molecular formula is C11H13BrO2. The van der Waals surface area contributed by atoms with Crippen molar-refractivity contribution in [2.24, 2.45) is 0 Å². The number of hydrogen-bond acceptors (Lipinski definition) is 2. The van der Waals surface area contributed by atoms with E-state index in [-0.39, 0.29) is 5.97 Å². The molecule has 0 saturated heterocycles. The molecule has 2 nitrogen and oxygen atoms in total. The van der Waals surface area contributed by atoms with Crippen molar-refractivity contribution >= 4 is 21.9 Å². The average molecular weight is 257 g/mol. The van der Waals surface area contributed by atoms with E-state index in [2.05, 4.69) is 15.9 Å². The second-order valence-corrected chi connectivity index (χ2v) is 3.88. The van der Waals surface area contributed by atoms with Crippen molar-refractivity contribution in [2.45, 2.75) is 19.8 Å². The zero-order valence-corrected chi connectivity index (χ0v) is 9.71. The number of benzene rings is 1. The normalized spacial score (nSPS) is 9.86. The average Bonchev–Trinajstić information content (AvgIpc) is 2.15. The lowest BCUT2D eigenvalue weighted by Crippen LogP contribution is -2.07. The Hall–Kier alpha value is -0.830. The summed E-state index contributed by atoms with van der Waals surface area (Å²) in [5.41, 5.74) is 1.09. The largest absolute Gasteiger partial charge is 0.427 e. The summed E-state index contributed by atoms with van der Waals surface area (Å²) in [6.07, 6.45) is 1.27. The maximum absolute atomic E-state index is 11.2. The molecule has 0 atom stereocenters. The van der Waals surface area contributed by atoms with Gasteiger partial charge in [0.15, 0.2) is 0 Å². The SMILES string of the molecule is Cc1cccc(OC(=O)CCCBr)c1. The van der Waals surface area contributed by atoms with Crippen LogP contribution in [0.25, 0.3) is 0 Å². The van der Waals surface area contributed by atoms with Gasteiger partial charge in [-0.25, -0.2) is 0 Å². The lowest BCUT2D eigenvalue weighted by atomic mass is 10.2. The number of rotatable bonds is 4. The lowest BCUT2D eigenvalue weighted by molar-refractivity contribution is -0.134. The van der Waals surface area contributed by atoms with Gasteiger partial charge in [0.2, 0.25) is 0 Å². The van der Waals surface area contributed by atoms with Crippen molar-refractivity contribution in [2.75, 3.05) is 5.33 Å². The van der Waals surface area contributed by atoms with E-state index in [9.17, 15) is 4.79 Å². The third kappa shape index (κ3) is 3.92. The highest BCUT2D eigenvalue weighted by molar-refractivity contribution is 9.09. The Morgan fingerprint density at radius 3 is 2.93 bits per heavy atom. The van der Waals surface area contributed by atoms with Crippen molar-refractivity contribution in [3.8, 4) is 5.75 Å². The Kier molecular flexibility index (Phi) is 4.66. The first-order chi connectivity index (χ1) is 6.72. The van der Waals surface area contributed by atoms with E-state index in [0.29, 0.717) is 12.2 Å². The van der Waals surface area contributed by atoms with Crippen LogP contribution in [0, 0.1) is 6.92 Å². The maximum Gasteiger partial charge on any atom is 0.311 e. The lowest BCUT2D eigenvalue weighted by Gasteiger charge is -2.03. The van der Waals surface area contributed by atoms with Crippen molar-refractivity contribution in [1.82, 2.24) is 0 Å². The van der Waals surface area contributed by atoms with Gasteiger partial charge in [-0.3, -0.25) is 4.79 Å². The van der Waals surface area contributed by atoms with Gasteiger partial charge in [-0.2, -0.15) is 0 Å². The van der Waals surface area contributed by atoms with Crippen LogP contribution in [-0.2, 0) is 4.79 Å². The number of halogens is 1. The molecule has 14 heavy (non-hydrogen) atoms. The van der Waals surface area contributed by atoms with Crippen LogP contribution >= 0.6 is 15.9 Å². The van der Waals surface area contributed by atoms with Crippen LogP contribution in [0.15, 0.2) is 24.3 Å². The smallest absolute Gasteiger partial charge is 0.311 e. The molecule has 1 aromatic rings. The predicted octanol–water partition coefficient (Wildman–Crippen LogP) is 3.08. The second-order valence-electron chi connectivity index (χ2n) is 3.08. The van der Waals surface area contributed by atoms with Crippen LogP contribution in [0.5, 0.6) is 5.75 Å². The number of esters is 1. The molecule has 1 rings (SSSR count). The summed E-state index contributed by atoms with van der Waals surface area (Å²) >= 11 is 3.27. The van der Waals surface area contributed by atoms with Crippen LogP contribution < -0.4 is 4.74 Å². The Morgan fingerprint density at radius 2 is 2.29 bits per heavy atom. The van der Waals surface area contributed by atoms with Gasteiger partial charge in [0.05, 0.1) is 0 Å². The Balaban J connectivity index is 2.47. The maximum atomic E-state index is 11.2. The predicted molar refractivity (Wildman–Crippen MR) is 59.8 cm³/mol. The highest BCUT2D eigenvalue weighted by atomic mass is 79.9. The molecule has 0 heterocycles. The third-order valence-electron chi connectivity index (χ3n) is 1.74. The molecule has 0 aliphatic heterocycles. The van der Waals surface area contributed by atoms with Gasteiger partial charge in [-0.05, 0) is 31.0 Å². The molecule has 0 aliphatic carbocycles. The molecule has 0 unspecified atom stereocenters. The fourth-order valence-corrected chi connectivity index (χ4v) is 1.35. The van der Waals surface area contributed by atoms with E-state index in [4.69, 9.17) is 4.74 Å². The van der Waals surface area contributed by atoms with Gasteiger partial charge in [-0.1, -0.05) is 28.1 Å². The third-order valence-corrected chi connectivity index (χ3v) is 2.30. The van der Waals surface area contributed by atoms with Crippen LogP contribution in [0.3, 0.4) is 0 Å². The van der Waals surface area contributed by atoms with Gasteiger partial charge < -0.3 is 4.74 Å². The van der Waals surface area contributed by atoms with Crippen LogP contribution in [0.2, 0.25) is 0 Å². The van der Waals surface area contributed by atoms with E-state index in [1.165, 1.54) is 0 Å². The summed E-state index contributed by atoms with van der Waals surface area (Å²) in [5.74, 6) is 0.458. The van der Waals surface area contributed by atoms with Crippen molar-refractivity contribution < 1.29 is 9.53 Å². The number of alkyl halides is 1. The van der Waals surface area contributed by atoms with Crippen molar-refractivity contribution in [3.63, 3.8) is 0 Å². The molecule has 1 aromatic carbocycles. The van der Waals surface area contributed by atoms with E-state index in [1.807, 2.05) is 25.1 Å². The molecule has 3 heteroatoms. The van der Waals surface area contributed by atoms with Crippen LogP contribution in [0.1, 0.15) is 18.4 Å². The van der Waals surface area contributed by atoms with Gasteiger partial charge >= 0.3 is 5.97 Å². The molecule has 0 aromatic heterocycles. The minimum atomic E-state index is -0.171. The first kappa shape index (κ1) is 11.2. The minimum absolute atomic E-state index is 0.171. The second kappa shape index (κ2) is 5.81. The molecule has 0 amide bonds. The molecule has 0 fully saturated rings. The van der Waals surface area contributed by atoms with Crippen molar-refractivity contribution in [1.29, 1.82) is 0 Å². The highest BCUT2D eigenvalue weighted by Gasteiger charge is 2.03. The van der Waals surface area contributed by atoms with E-state index in [0.717, 1.165) is 17.3 Å². The number of ether oxygens (including phenoxy) is 1. The summed E-state index contributed by atoms with van der Waals surface area (Å²) < 4.78 is 5.14. The standard InChI is InChI=1S/C11H13BrO2/c1-9-4-2-5-10(8-9)14-11(13)6-3-7-12/h2,4-5,8H,3,6-7H2,1H3. The van der Waals surface area contributed by atoms with Gasteiger partial charge in [0.1, 0.15) is 5.75 Å². The first-order valence-corrected chi connectivity index (χ1v) is 5.68. The number of aryl methyl sites for hydroxylation is 1. The van der Waals surface area contributed by atoms with Crippen molar-refractivity contribution in [3.05, 3.63) is 29.8 Å². The molecule has 0 saturated carbocycles. The first-order valence-electron chi connectivity index (χ1n) is 4.55. The van der Waals surface area contributed by atoms with Gasteiger partial charge in [0.25, 0.3) is 0 Å². The van der Waals surface area contributed by atoms with E-state index < -0.39 is 0 Å². The number of hydrogen-bond donors (Lipinski definition) is 0. The van der Waals surface area contributed by atoms with Gasteiger partial charge in [0, 0.05) is 11.8 Å². The Labute approximate surface area is 92.4 Å². The quantitative estimate of drug-likeness (QED) is 0.470. The Morgan fingerprint density at radius 1 is 1.50 bits per heavy atom. The number of carbonyl (C=O) groups is 1. The van der Waals surface area contributed by atoms with E-state index >= 15 is 0 Å². The molecule has 0 N–H and O–H groups in total. The number of carbonyl (C=O) groups excluding carboxylic acids is 1. The minimum Gasteiger partial charge on any atom is -0.427 e. The molecule has 0 radical (unpaired) electrons. The molecule has 0 bridgehead atoms. The van der Waals surface area contributed by atoms with Gasteiger partial charge in [-0.15, -0.1) is 0 Å². The summed E-state index contributed by atoms with van der Waals surface area (Å²) in [4.78, 5) is 11.2. The monoisotopic (exact) mass is 256 g/mol. The highest BCUT2D eigenvalue weighted by Crippen LogP contribution is 2.13. The summed E-state index contributed by atoms with van der Waals surface area (Å²) in [7, 11) is 0. The summed E-state index contributed by atoms with van der Waals surface area (Å²) in [6.45, 7) is 1.97.